The van der Waals surface area contributed by atoms with Crippen molar-refractivity contribution in [2.24, 2.45) is 0 Å². The first-order valence-corrected chi connectivity index (χ1v) is 9.50. The second kappa shape index (κ2) is 7.38. The van der Waals surface area contributed by atoms with E-state index in [2.05, 4.69) is 10.3 Å². The number of piperazine rings is 1. The Morgan fingerprint density at radius 1 is 1.21 bits per heavy atom. The lowest BCUT2D eigenvalue weighted by Gasteiger charge is -2.34. The quantitative estimate of drug-likeness (QED) is 0.765. The van der Waals surface area contributed by atoms with Crippen molar-refractivity contribution in [1.29, 1.82) is 0 Å². The summed E-state index contributed by atoms with van der Waals surface area (Å²) < 4.78 is 0. The Bertz CT molecular complexity index is 1050. The topological polar surface area (TPSA) is 75.2 Å². The molecule has 1 fully saturated rings. The van der Waals surface area contributed by atoms with E-state index in [1.54, 1.807) is 17.2 Å². The number of amides is 2. The van der Waals surface area contributed by atoms with E-state index >= 15 is 0 Å². The second-order valence-electron chi connectivity index (χ2n) is 7.00. The van der Waals surface area contributed by atoms with Crippen LogP contribution < -0.4 is 5.32 Å². The second-order valence-corrected chi connectivity index (χ2v) is 7.00. The summed E-state index contributed by atoms with van der Waals surface area (Å²) in [6, 6.07) is 12.8. The molecule has 1 aliphatic rings. The summed E-state index contributed by atoms with van der Waals surface area (Å²) in [6.07, 6.45) is 2.28. The molecule has 2 aromatic heterocycles. The molecule has 1 aromatic carbocycles. The molecular formula is C22H22N4O2. The molecule has 1 atom stereocenters. The number of hydrogen-bond acceptors (Lipinski definition) is 4. The van der Waals surface area contributed by atoms with Gasteiger partial charge in [0.1, 0.15) is 6.04 Å². The molecule has 6 heteroatoms. The Labute approximate surface area is 163 Å². The number of hydrogen-bond donors (Lipinski definition) is 1. The van der Waals surface area contributed by atoms with E-state index in [-0.39, 0.29) is 11.8 Å². The van der Waals surface area contributed by atoms with Crippen molar-refractivity contribution in [2.75, 3.05) is 13.1 Å². The van der Waals surface area contributed by atoms with Gasteiger partial charge in [-0.25, -0.2) is 4.98 Å². The lowest BCUT2D eigenvalue weighted by molar-refractivity contribution is -0.127. The van der Waals surface area contributed by atoms with Crippen molar-refractivity contribution in [3.8, 4) is 11.4 Å². The fraction of sp³-hybridized carbons (Fsp3) is 0.273. The number of aryl methyl sites for hydroxylation is 1. The van der Waals surface area contributed by atoms with E-state index in [0.717, 1.165) is 16.5 Å². The monoisotopic (exact) mass is 374 g/mol. The van der Waals surface area contributed by atoms with E-state index in [1.165, 1.54) is 0 Å². The van der Waals surface area contributed by atoms with Gasteiger partial charge in [-0.1, -0.05) is 24.6 Å². The standard InChI is InChI=1S/C22H22N4O2/c1-3-20-21(27)24-10-11-26(20)22(28)16-13-19(18-6-4-5-9-23-18)25-17-8-7-14(2)12-15(16)17/h4-9,12-13,20H,3,10-11H2,1-2H3,(H,24,27). The molecule has 1 saturated heterocycles. The smallest absolute Gasteiger partial charge is 0.255 e. The summed E-state index contributed by atoms with van der Waals surface area (Å²) in [6.45, 7) is 4.88. The zero-order valence-corrected chi connectivity index (χ0v) is 16.0. The van der Waals surface area contributed by atoms with Gasteiger partial charge < -0.3 is 10.2 Å². The number of carbonyl (C=O) groups excluding carboxylic acids is 2. The van der Waals surface area contributed by atoms with E-state index in [0.29, 0.717) is 36.5 Å². The SMILES string of the molecule is CCC1C(=O)NCCN1C(=O)c1cc(-c2ccccn2)nc2ccc(C)cc12. The van der Waals surface area contributed by atoms with Crippen LogP contribution in [0.15, 0.2) is 48.7 Å². The van der Waals surface area contributed by atoms with Crippen molar-refractivity contribution in [1.82, 2.24) is 20.2 Å². The third-order valence-corrected chi connectivity index (χ3v) is 5.10. The summed E-state index contributed by atoms with van der Waals surface area (Å²) >= 11 is 0. The molecule has 1 aliphatic heterocycles. The summed E-state index contributed by atoms with van der Waals surface area (Å²) in [4.78, 5) is 36.5. The van der Waals surface area contributed by atoms with Gasteiger partial charge in [-0.3, -0.25) is 14.6 Å². The molecular weight excluding hydrogens is 352 g/mol. The normalized spacial score (nSPS) is 16.9. The van der Waals surface area contributed by atoms with Crippen molar-refractivity contribution < 1.29 is 9.59 Å². The highest BCUT2D eigenvalue weighted by atomic mass is 16.2. The predicted octanol–water partition coefficient (Wildman–Crippen LogP) is 2.96. The van der Waals surface area contributed by atoms with Crippen LogP contribution in [0.3, 0.4) is 0 Å². The van der Waals surface area contributed by atoms with E-state index < -0.39 is 6.04 Å². The number of benzene rings is 1. The molecule has 0 radical (unpaired) electrons. The number of nitrogens with zero attached hydrogens (tertiary/aromatic N) is 3. The minimum atomic E-state index is -0.451. The van der Waals surface area contributed by atoms with Crippen LogP contribution in [-0.2, 0) is 4.79 Å². The van der Waals surface area contributed by atoms with Gasteiger partial charge >= 0.3 is 0 Å². The molecule has 0 saturated carbocycles. The molecule has 142 valence electrons. The number of nitrogens with one attached hydrogen (secondary N) is 1. The minimum absolute atomic E-state index is 0.0957. The maximum Gasteiger partial charge on any atom is 0.255 e. The van der Waals surface area contributed by atoms with Crippen molar-refractivity contribution in [3.05, 3.63) is 59.8 Å². The highest BCUT2D eigenvalue weighted by molar-refractivity contribution is 6.08. The zero-order valence-electron chi connectivity index (χ0n) is 16.0. The number of carbonyl (C=O) groups is 2. The molecule has 0 bridgehead atoms. The Morgan fingerprint density at radius 2 is 2.07 bits per heavy atom. The van der Waals surface area contributed by atoms with Crippen LogP contribution >= 0.6 is 0 Å². The number of rotatable bonds is 3. The average molecular weight is 374 g/mol. The number of pyridine rings is 2. The van der Waals surface area contributed by atoms with Crippen molar-refractivity contribution >= 4 is 22.7 Å². The first-order chi connectivity index (χ1) is 13.6. The Morgan fingerprint density at radius 3 is 2.82 bits per heavy atom. The maximum atomic E-state index is 13.5. The van der Waals surface area contributed by atoms with E-state index in [4.69, 9.17) is 4.98 Å². The average Bonchev–Trinajstić information content (AvgIpc) is 2.73. The van der Waals surface area contributed by atoms with Gasteiger partial charge in [0, 0.05) is 24.7 Å². The fourth-order valence-electron chi connectivity index (χ4n) is 3.68. The van der Waals surface area contributed by atoms with Crippen LogP contribution in [0.5, 0.6) is 0 Å². The molecule has 1 N–H and O–H groups in total. The lowest BCUT2D eigenvalue weighted by Crippen LogP contribution is -2.56. The third kappa shape index (κ3) is 3.22. The molecule has 0 aliphatic carbocycles. The summed E-state index contributed by atoms with van der Waals surface area (Å²) in [5.41, 5.74) is 3.71. The number of fused-ring (bicyclic) bond motifs is 1. The molecule has 0 spiro atoms. The Balaban J connectivity index is 1.87. The van der Waals surface area contributed by atoms with E-state index in [9.17, 15) is 9.59 Å². The Kier molecular flexibility index (Phi) is 4.77. The molecule has 3 aromatic rings. The van der Waals surface area contributed by atoms with Gasteiger partial charge in [-0.2, -0.15) is 0 Å². The van der Waals surface area contributed by atoms with Crippen LogP contribution in [0.25, 0.3) is 22.3 Å². The van der Waals surface area contributed by atoms with E-state index in [1.807, 2.05) is 50.2 Å². The molecule has 2 amide bonds. The lowest BCUT2D eigenvalue weighted by atomic mass is 10.0. The van der Waals surface area contributed by atoms with Crippen LogP contribution in [0.4, 0.5) is 0 Å². The molecule has 28 heavy (non-hydrogen) atoms. The highest BCUT2D eigenvalue weighted by Crippen LogP contribution is 2.27. The van der Waals surface area contributed by atoms with Crippen molar-refractivity contribution in [2.45, 2.75) is 26.3 Å². The summed E-state index contributed by atoms with van der Waals surface area (Å²) in [5, 5.41) is 3.64. The van der Waals surface area contributed by atoms with Gasteiger partial charge in [-0.05, 0) is 43.7 Å². The first kappa shape index (κ1) is 18.1. The van der Waals surface area contributed by atoms with Crippen LogP contribution in [0, 0.1) is 6.92 Å². The fourth-order valence-corrected chi connectivity index (χ4v) is 3.68. The van der Waals surface area contributed by atoms with Crippen LogP contribution in [0.1, 0.15) is 29.3 Å². The Hall–Kier alpha value is -3.28. The summed E-state index contributed by atoms with van der Waals surface area (Å²) in [5.74, 6) is -0.238. The van der Waals surface area contributed by atoms with Gasteiger partial charge in [0.15, 0.2) is 0 Å². The van der Waals surface area contributed by atoms with Gasteiger partial charge in [-0.15, -0.1) is 0 Å². The van der Waals surface area contributed by atoms with Crippen LogP contribution in [0.2, 0.25) is 0 Å². The first-order valence-electron chi connectivity index (χ1n) is 9.50. The van der Waals surface area contributed by atoms with Gasteiger partial charge in [0.2, 0.25) is 5.91 Å². The highest BCUT2D eigenvalue weighted by Gasteiger charge is 2.33. The molecule has 4 rings (SSSR count). The third-order valence-electron chi connectivity index (χ3n) is 5.10. The molecule has 3 heterocycles. The minimum Gasteiger partial charge on any atom is -0.353 e. The zero-order chi connectivity index (χ0) is 19.7. The van der Waals surface area contributed by atoms with Gasteiger partial charge in [0.05, 0.1) is 22.5 Å². The predicted molar refractivity (Wildman–Crippen MR) is 108 cm³/mol. The number of aromatic nitrogens is 2. The molecule has 6 nitrogen and oxygen atoms in total. The molecule has 1 unspecified atom stereocenters. The van der Waals surface area contributed by atoms with Gasteiger partial charge in [0.25, 0.3) is 5.91 Å². The van der Waals surface area contributed by atoms with Crippen molar-refractivity contribution in [3.63, 3.8) is 0 Å². The maximum absolute atomic E-state index is 13.5. The summed E-state index contributed by atoms with van der Waals surface area (Å²) in [7, 11) is 0. The van der Waals surface area contributed by atoms with Crippen LogP contribution in [-0.4, -0.2) is 45.8 Å². The largest absolute Gasteiger partial charge is 0.353 e.